The van der Waals surface area contributed by atoms with Crippen molar-refractivity contribution in [2.75, 3.05) is 5.88 Å². The minimum absolute atomic E-state index is 0.390. The average molecular weight is 233 g/mol. The van der Waals surface area contributed by atoms with E-state index < -0.39 is 0 Å². The Bertz CT molecular complexity index is 494. The molecule has 16 heavy (non-hydrogen) atoms. The van der Waals surface area contributed by atoms with Crippen LogP contribution < -0.4 is 0 Å². The molecule has 0 spiro atoms. The zero-order valence-corrected chi connectivity index (χ0v) is 9.92. The number of aryl methyl sites for hydroxylation is 1. The Morgan fingerprint density at radius 3 is 2.50 bits per heavy atom. The Balaban J connectivity index is 2.31. The van der Waals surface area contributed by atoms with Gasteiger partial charge in [0.2, 0.25) is 0 Å². The van der Waals surface area contributed by atoms with Gasteiger partial charge in [0, 0.05) is 11.1 Å². The summed E-state index contributed by atoms with van der Waals surface area (Å²) in [6, 6.07) is 12.1. The molecule has 82 valence electrons. The van der Waals surface area contributed by atoms with Crippen molar-refractivity contribution in [1.82, 2.24) is 0 Å². The number of hydrogen-bond acceptors (Lipinski definition) is 1. The van der Waals surface area contributed by atoms with Gasteiger partial charge in [0.25, 0.3) is 0 Å². The molecule has 0 aliphatic rings. The largest absolute Gasteiger partial charge is 0.456 e. The predicted molar refractivity (Wildman–Crippen MR) is 68.6 cm³/mol. The van der Waals surface area contributed by atoms with Crippen LogP contribution in [0.5, 0.6) is 0 Å². The Hall–Kier alpha value is -1.47. The molecule has 0 N–H and O–H groups in total. The van der Waals surface area contributed by atoms with Crippen LogP contribution in [-0.2, 0) is 0 Å². The molecule has 0 aliphatic carbocycles. The Morgan fingerprint density at radius 1 is 1.19 bits per heavy atom. The lowest BCUT2D eigenvalue weighted by Gasteiger charge is -1.98. The molecule has 0 saturated carbocycles. The fourth-order valence-electron chi connectivity index (χ4n) is 1.47. The Morgan fingerprint density at radius 2 is 1.88 bits per heavy atom. The van der Waals surface area contributed by atoms with Crippen molar-refractivity contribution < 1.29 is 4.42 Å². The quantitative estimate of drug-likeness (QED) is 0.710. The van der Waals surface area contributed by atoms with E-state index in [0.717, 1.165) is 22.7 Å². The van der Waals surface area contributed by atoms with E-state index in [1.54, 1.807) is 0 Å². The first-order chi connectivity index (χ1) is 7.70. The maximum atomic E-state index is 5.70. The summed E-state index contributed by atoms with van der Waals surface area (Å²) in [6.07, 6.45) is 0. The molecule has 0 fully saturated rings. The summed E-state index contributed by atoms with van der Waals surface area (Å²) in [6.45, 7) is 5.90. The summed E-state index contributed by atoms with van der Waals surface area (Å²) < 4.78 is 5.68. The molecule has 0 amide bonds. The molecule has 0 unspecified atom stereocenters. The summed E-state index contributed by atoms with van der Waals surface area (Å²) in [5, 5.41) is 0. The van der Waals surface area contributed by atoms with Crippen LogP contribution in [0, 0.1) is 6.92 Å². The van der Waals surface area contributed by atoms with E-state index in [1.165, 1.54) is 5.56 Å². The highest BCUT2D eigenvalue weighted by atomic mass is 35.5. The second-order valence-electron chi connectivity index (χ2n) is 3.77. The lowest BCUT2D eigenvalue weighted by molar-refractivity contribution is 0.568. The van der Waals surface area contributed by atoms with Crippen LogP contribution in [0.3, 0.4) is 0 Å². The molecular formula is C14H13ClO. The highest BCUT2D eigenvalue weighted by molar-refractivity contribution is 6.22. The van der Waals surface area contributed by atoms with E-state index in [1.807, 2.05) is 24.3 Å². The van der Waals surface area contributed by atoms with Gasteiger partial charge in [0.05, 0.1) is 5.88 Å². The number of halogens is 1. The minimum Gasteiger partial charge on any atom is -0.456 e. The highest BCUT2D eigenvalue weighted by Gasteiger charge is 2.06. The molecule has 2 rings (SSSR count). The van der Waals surface area contributed by atoms with Crippen LogP contribution >= 0.6 is 11.6 Å². The molecule has 1 aromatic carbocycles. The summed E-state index contributed by atoms with van der Waals surface area (Å²) in [4.78, 5) is 0. The van der Waals surface area contributed by atoms with Gasteiger partial charge in [-0.2, -0.15) is 0 Å². The Kier molecular flexibility index (Phi) is 3.16. The lowest BCUT2D eigenvalue weighted by Crippen LogP contribution is -1.78. The highest BCUT2D eigenvalue weighted by Crippen LogP contribution is 2.25. The van der Waals surface area contributed by atoms with Gasteiger partial charge in [-0.3, -0.25) is 0 Å². The van der Waals surface area contributed by atoms with E-state index in [4.69, 9.17) is 16.0 Å². The van der Waals surface area contributed by atoms with Crippen LogP contribution in [-0.4, -0.2) is 5.88 Å². The molecule has 0 atom stereocenters. The molecule has 1 aromatic heterocycles. The van der Waals surface area contributed by atoms with Crippen molar-refractivity contribution in [2.24, 2.45) is 0 Å². The van der Waals surface area contributed by atoms with Crippen molar-refractivity contribution in [3.63, 3.8) is 0 Å². The summed E-state index contributed by atoms with van der Waals surface area (Å²) in [5.41, 5.74) is 3.11. The van der Waals surface area contributed by atoms with E-state index in [2.05, 4.69) is 25.6 Å². The first-order valence-corrected chi connectivity index (χ1v) is 5.65. The van der Waals surface area contributed by atoms with E-state index in [9.17, 15) is 0 Å². The number of alkyl halides is 1. The third kappa shape index (κ3) is 2.20. The molecule has 0 radical (unpaired) electrons. The summed E-state index contributed by atoms with van der Waals surface area (Å²) in [7, 11) is 0. The lowest BCUT2D eigenvalue weighted by atomic mass is 10.1. The predicted octanol–water partition coefficient (Wildman–Crippen LogP) is 4.51. The first kappa shape index (κ1) is 11.0. The van der Waals surface area contributed by atoms with E-state index >= 15 is 0 Å². The summed E-state index contributed by atoms with van der Waals surface area (Å²) in [5.74, 6) is 1.99. The molecule has 2 aromatic rings. The van der Waals surface area contributed by atoms with Gasteiger partial charge in [0.1, 0.15) is 11.5 Å². The average Bonchev–Trinajstić information content (AvgIpc) is 2.78. The van der Waals surface area contributed by atoms with E-state index in [-0.39, 0.29) is 0 Å². The van der Waals surface area contributed by atoms with Crippen molar-refractivity contribution in [3.05, 3.63) is 54.3 Å². The SMILES string of the molecule is C=C(CCl)c1ccc(-c2ccc(C)cc2)o1. The third-order valence-corrected chi connectivity index (χ3v) is 2.77. The number of hydrogen-bond donors (Lipinski definition) is 0. The van der Waals surface area contributed by atoms with Crippen LogP contribution in [0.15, 0.2) is 47.4 Å². The second-order valence-corrected chi connectivity index (χ2v) is 4.03. The van der Waals surface area contributed by atoms with Crippen LogP contribution in [0.25, 0.3) is 16.9 Å². The molecule has 0 saturated heterocycles. The topological polar surface area (TPSA) is 13.1 Å². The van der Waals surface area contributed by atoms with Gasteiger partial charge in [-0.25, -0.2) is 0 Å². The molecule has 2 heteroatoms. The second kappa shape index (κ2) is 4.58. The summed E-state index contributed by atoms with van der Waals surface area (Å²) >= 11 is 5.70. The van der Waals surface area contributed by atoms with Crippen LogP contribution in [0.1, 0.15) is 11.3 Å². The van der Waals surface area contributed by atoms with Crippen molar-refractivity contribution in [1.29, 1.82) is 0 Å². The molecule has 0 bridgehead atoms. The van der Waals surface area contributed by atoms with Gasteiger partial charge in [0.15, 0.2) is 0 Å². The third-order valence-electron chi connectivity index (χ3n) is 2.45. The minimum atomic E-state index is 0.390. The maximum Gasteiger partial charge on any atom is 0.134 e. The van der Waals surface area contributed by atoms with Crippen LogP contribution in [0.4, 0.5) is 0 Å². The fraction of sp³-hybridized carbons (Fsp3) is 0.143. The van der Waals surface area contributed by atoms with Gasteiger partial charge in [-0.1, -0.05) is 36.4 Å². The van der Waals surface area contributed by atoms with Gasteiger partial charge in [-0.15, -0.1) is 11.6 Å². The van der Waals surface area contributed by atoms with E-state index in [0.29, 0.717) is 5.88 Å². The van der Waals surface area contributed by atoms with Crippen molar-refractivity contribution in [2.45, 2.75) is 6.92 Å². The molecule has 0 aliphatic heterocycles. The molecule has 1 nitrogen and oxygen atoms in total. The van der Waals surface area contributed by atoms with Crippen LogP contribution in [0.2, 0.25) is 0 Å². The number of furan rings is 1. The first-order valence-electron chi connectivity index (χ1n) is 5.11. The number of rotatable bonds is 3. The van der Waals surface area contributed by atoms with Gasteiger partial charge < -0.3 is 4.42 Å². The fourth-order valence-corrected chi connectivity index (χ4v) is 1.60. The number of allylic oxidation sites excluding steroid dienone is 1. The normalized spacial score (nSPS) is 10.4. The van der Waals surface area contributed by atoms with Crippen molar-refractivity contribution >= 4 is 17.2 Å². The monoisotopic (exact) mass is 232 g/mol. The van der Waals surface area contributed by atoms with Crippen molar-refractivity contribution in [3.8, 4) is 11.3 Å². The maximum absolute atomic E-state index is 5.70. The Labute approximate surface area is 100 Å². The zero-order chi connectivity index (χ0) is 11.5. The number of benzene rings is 1. The van der Waals surface area contributed by atoms with Gasteiger partial charge >= 0.3 is 0 Å². The zero-order valence-electron chi connectivity index (χ0n) is 9.16. The standard InChI is InChI=1S/C14H13ClO/c1-10-3-5-12(6-4-10)14-8-7-13(16-14)11(2)9-15/h3-8H,2,9H2,1H3. The van der Waals surface area contributed by atoms with Gasteiger partial charge in [-0.05, 0) is 19.1 Å². The molecular weight excluding hydrogens is 220 g/mol. The smallest absolute Gasteiger partial charge is 0.134 e. The molecule has 1 heterocycles.